The zero-order valence-corrected chi connectivity index (χ0v) is 21.7. The van der Waals surface area contributed by atoms with Crippen LogP contribution in [0.15, 0.2) is 73.3 Å². The molecule has 0 aliphatic carbocycles. The van der Waals surface area contributed by atoms with E-state index in [1.807, 2.05) is 19.1 Å². The van der Waals surface area contributed by atoms with Crippen molar-refractivity contribution in [1.82, 2.24) is 9.80 Å². The van der Waals surface area contributed by atoms with Crippen molar-refractivity contribution in [3.63, 3.8) is 0 Å². The highest BCUT2D eigenvalue weighted by molar-refractivity contribution is 6.46. The molecule has 1 N–H and O–H groups in total. The number of hydrogen-bond acceptors (Lipinski definition) is 7. The average Bonchev–Trinajstić information content (AvgIpc) is 3.19. The first-order valence-corrected chi connectivity index (χ1v) is 12.7. The van der Waals surface area contributed by atoms with Crippen LogP contribution in [0.5, 0.6) is 11.5 Å². The third kappa shape index (κ3) is 5.98. The van der Waals surface area contributed by atoms with Gasteiger partial charge in [-0.25, -0.2) is 0 Å². The van der Waals surface area contributed by atoms with E-state index in [4.69, 9.17) is 14.2 Å². The maximum absolute atomic E-state index is 13.4. The Hall–Kier alpha value is -3.88. The van der Waals surface area contributed by atoms with E-state index in [1.165, 1.54) is 0 Å². The number of carbonyl (C=O) groups excluding carboxylic acids is 2. The molecule has 0 saturated carbocycles. The standard InChI is InChI=1S/C30H34N2O6/c1-4-16-37-23-8-6-22(7-9-23)27-26(28(33)25-11-10-24(20-21(25)3)38-17-5-2)29(34)30(35)32(27)13-12-31-14-18-36-19-15-31/h4-11,20,27,33H,1-2,12-19H2,3H3/t27-/m1/s1. The zero-order valence-electron chi connectivity index (χ0n) is 21.7. The number of benzene rings is 2. The van der Waals surface area contributed by atoms with Gasteiger partial charge in [0, 0.05) is 31.7 Å². The summed E-state index contributed by atoms with van der Waals surface area (Å²) in [7, 11) is 0. The second kappa shape index (κ2) is 12.6. The summed E-state index contributed by atoms with van der Waals surface area (Å²) in [5.41, 5.74) is 1.97. The SMILES string of the molecule is C=CCOc1ccc([C@@H]2C(=C(O)c3ccc(OCC=C)cc3C)C(=O)C(=O)N2CCN2CCOCC2)cc1. The molecule has 0 spiro atoms. The molecule has 2 aliphatic rings. The first kappa shape index (κ1) is 27.2. The number of nitrogens with zero attached hydrogens (tertiary/aromatic N) is 2. The summed E-state index contributed by atoms with van der Waals surface area (Å²) in [6.07, 6.45) is 3.31. The molecule has 0 aromatic heterocycles. The average molecular weight is 519 g/mol. The molecule has 4 rings (SSSR count). The van der Waals surface area contributed by atoms with Gasteiger partial charge in [-0.2, -0.15) is 0 Å². The maximum atomic E-state index is 13.4. The number of morpholine rings is 1. The van der Waals surface area contributed by atoms with Crippen molar-refractivity contribution in [2.75, 3.05) is 52.6 Å². The molecular formula is C30H34N2O6. The molecule has 0 unspecified atom stereocenters. The van der Waals surface area contributed by atoms with Gasteiger partial charge in [-0.15, -0.1) is 0 Å². The molecule has 2 saturated heterocycles. The summed E-state index contributed by atoms with van der Waals surface area (Å²) in [5, 5.41) is 11.5. The minimum Gasteiger partial charge on any atom is -0.507 e. The number of Topliss-reactive ketones (excluding diaryl/α,β-unsaturated/α-hetero) is 1. The molecule has 2 fully saturated rings. The summed E-state index contributed by atoms with van der Waals surface area (Å²) in [4.78, 5) is 30.4. The van der Waals surface area contributed by atoms with E-state index in [1.54, 1.807) is 47.4 Å². The molecule has 2 aromatic rings. The van der Waals surface area contributed by atoms with Crippen molar-refractivity contribution in [1.29, 1.82) is 0 Å². The van der Waals surface area contributed by atoms with E-state index in [9.17, 15) is 14.7 Å². The molecular weight excluding hydrogens is 484 g/mol. The lowest BCUT2D eigenvalue weighted by Gasteiger charge is -2.31. The van der Waals surface area contributed by atoms with Crippen LogP contribution in [-0.4, -0.2) is 79.2 Å². The number of aliphatic hydroxyl groups excluding tert-OH is 1. The monoisotopic (exact) mass is 518 g/mol. The number of aliphatic hydroxyl groups is 1. The van der Waals surface area contributed by atoms with Gasteiger partial charge in [-0.3, -0.25) is 14.5 Å². The molecule has 1 amide bonds. The summed E-state index contributed by atoms with van der Waals surface area (Å²) in [6.45, 7) is 13.6. The number of ether oxygens (including phenoxy) is 3. The van der Waals surface area contributed by atoms with Crippen molar-refractivity contribution >= 4 is 17.4 Å². The first-order chi connectivity index (χ1) is 18.4. The lowest BCUT2D eigenvalue weighted by molar-refractivity contribution is -0.140. The number of carbonyl (C=O) groups is 2. The molecule has 2 aliphatic heterocycles. The van der Waals surface area contributed by atoms with Gasteiger partial charge >= 0.3 is 0 Å². The topological polar surface area (TPSA) is 88.5 Å². The van der Waals surface area contributed by atoms with E-state index in [0.29, 0.717) is 62.1 Å². The predicted molar refractivity (Wildman–Crippen MR) is 145 cm³/mol. The highest BCUT2D eigenvalue weighted by Gasteiger charge is 2.46. The summed E-state index contributed by atoms with van der Waals surface area (Å²) in [6, 6.07) is 11.7. The summed E-state index contributed by atoms with van der Waals surface area (Å²) >= 11 is 0. The van der Waals surface area contributed by atoms with Crippen LogP contribution in [0.25, 0.3) is 5.76 Å². The van der Waals surface area contributed by atoms with Gasteiger partial charge in [0.15, 0.2) is 0 Å². The molecule has 2 aromatic carbocycles. The quantitative estimate of drug-likeness (QED) is 0.209. The number of hydrogen-bond donors (Lipinski definition) is 1. The molecule has 200 valence electrons. The fraction of sp³-hybridized carbons (Fsp3) is 0.333. The van der Waals surface area contributed by atoms with E-state index in [-0.39, 0.29) is 11.3 Å². The third-order valence-corrected chi connectivity index (χ3v) is 6.69. The van der Waals surface area contributed by atoms with Crippen LogP contribution in [0.2, 0.25) is 0 Å². The van der Waals surface area contributed by atoms with E-state index in [2.05, 4.69) is 18.1 Å². The van der Waals surface area contributed by atoms with Gasteiger partial charge in [-0.05, 0) is 48.4 Å². The summed E-state index contributed by atoms with van der Waals surface area (Å²) < 4.78 is 16.6. The third-order valence-electron chi connectivity index (χ3n) is 6.69. The number of amides is 1. The predicted octanol–water partition coefficient (Wildman–Crippen LogP) is 3.88. The maximum Gasteiger partial charge on any atom is 0.295 e. The Bertz CT molecular complexity index is 1210. The van der Waals surface area contributed by atoms with Gasteiger partial charge in [0.1, 0.15) is 30.5 Å². The Balaban J connectivity index is 1.71. The van der Waals surface area contributed by atoms with Crippen LogP contribution in [0, 0.1) is 6.92 Å². The van der Waals surface area contributed by atoms with Crippen LogP contribution in [0.4, 0.5) is 0 Å². The minimum atomic E-state index is -0.736. The van der Waals surface area contributed by atoms with Crippen molar-refractivity contribution in [2.45, 2.75) is 13.0 Å². The second-order valence-corrected chi connectivity index (χ2v) is 9.19. The number of likely N-dealkylation sites (tertiary alicyclic amines) is 1. The highest BCUT2D eigenvalue weighted by Crippen LogP contribution is 2.40. The molecule has 2 heterocycles. The number of ketones is 1. The van der Waals surface area contributed by atoms with Crippen LogP contribution in [0.1, 0.15) is 22.7 Å². The van der Waals surface area contributed by atoms with Gasteiger partial charge < -0.3 is 24.2 Å². The van der Waals surface area contributed by atoms with Gasteiger partial charge in [0.25, 0.3) is 11.7 Å². The lowest BCUT2D eigenvalue weighted by atomic mass is 9.94. The molecule has 0 radical (unpaired) electrons. The Morgan fingerprint density at radius 3 is 2.26 bits per heavy atom. The number of aryl methyl sites for hydroxylation is 1. The Labute approximate surface area is 223 Å². The number of rotatable bonds is 11. The first-order valence-electron chi connectivity index (χ1n) is 12.7. The molecule has 8 heteroatoms. The fourth-order valence-corrected chi connectivity index (χ4v) is 4.72. The van der Waals surface area contributed by atoms with Crippen molar-refractivity contribution in [3.8, 4) is 11.5 Å². The fourth-order valence-electron chi connectivity index (χ4n) is 4.72. The molecule has 38 heavy (non-hydrogen) atoms. The van der Waals surface area contributed by atoms with Gasteiger partial charge in [-0.1, -0.05) is 37.4 Å². The molecule has 8 nitrogen and oxygen atoms in total. The Kier molecular flexibility index (Phi) is 8.99. The van der Waals surface area contributed by atoms with Crippen LogP contribution < -0.4 is 9.47 Å². The Morgan fingerprint density at radius 1 is 1.00 bits per heavy atom. The van der Waals surface area contributed by atoms with Gasteiger partial charge in [0.05, 0.1) is 24.8 Å². The zero-order chi connectivity index (χ0) is 27.1. The van der Waals surface area contributed by atoms with Crippen molar-refractivity contribution in [3.05, 3.63) is 90.0 Å². The van der Waals surface area contributed by atoms with E-state index in [0.717, 1.165) is 18.7 Å². The minimum absolute atomic E-state index is 0.0691. The van der Waals surface area contributed by atoms with Crippen LogP contribution in [0.3, 0.4) is 0 Å². The van der Waals surface area contributed by atoms with Crippen LogP contribution in [-0.2, 0) is 14.3 Å². The summed E-state index contributed by atoms with van der Waals surface area (Å²) in [5.74, 6) is -0.267. The Morgan fingerprint density at radius 2 is 1.63 bits per heavy atom. The lowest BCUT2D eigenvalue weighted by Crippen LogP contribution is -2.42. The largest absolute Gasteiger partial charge is 0.507 e. The highest BCUT2D eigenvalue weighted by atomic mass is 16.5. The van der Waals surface area contributed by atoms with E-state index < -0.39 is 17.7 Å². The molecule has 1 atom stereocenters. The molecule has 0 bridgehead atoms. The smallest absolute Gasteiger partial charge is 0.295 e. The van der Waals surface area contributed by atoms with Gasteiger partial charge in [0.2, 0.25) is 0 Å². The van der Waals surface area contributed by atoms with Crippen LogP contribution >= 0.6 is 0 Å². The second-order valence-electron chi connectivity index (χ2n) is 9.19. The normalized spacial score (nSPS) is 19.4. The van der Waals surface area contributed by atoms with Crippen molar-refractivity contribution < 1.29 is 28.9 Å². The van der Waals surface area contributed by atoms with E-state index >= 15 is 0 Å². The van der Waals surface area contributed by atoms with Crippen molar-refractivity contribution in [2.24, 2.45) is 0 Å².